The molecule has 0 radical (unpaired) electrons. The van der Waals surface area contributed by atoms with Crippen LogP contribution in [-0.2, 0) is 13.0 Å². The van der Waals surface area contributed by atoms with Crippen LogP contribution in [0.25, 0.3) is 0 Å². The van der Waals surface area contributed by atoms with Gasteiger partial charge < -0.3 is 10.1 Å². The van der Waals surface area contributed by atoms with Crippen LogP contribution < -0.4 is 10.1 Å². The average Bonchev–Trinajstić information content (AvgIpc) is 2.36. The summed E-state index contributed by atoms with van der Waals surface area (Å²) < 4.78 is 5.72. The topological polar surface area (TPSA) is 34.1 Å². The summed E-state index contributed by atoms with van der Waals surface area (Å²) in [7, 11) is 0. The van der Waals surface area contributed by atoms with Gasteiger partial charge >= 0.3 is 0 Å². The molecule has 0 unspecified atom stereocenters. The molecule has 0 saturated carbocycles. The molecule has 0 aliphatic heterocycles. The second-order valence-corrected chi connectivity index (χ2v) is 4.89. The number of nitrogens with zero attached hydrogens (tertiary/aromatic N) is 1. The van der Waals surface area contributed by atoms with E-state index in [1.807, 2.05) is 13.0 Å². The summed E-state index contributed by atoms with van der Waals surface area (Å²) in [5, 5.41) is 3.34. The van der Waals surface area contributed by atoms with Gasteiger partial charge in [-0.2, -0.15) is 0 Å². The van der Waals surface area contributed by atoms with E-state index in [4.69, 9.17) is 4.74 Å². The molecule has 0 aliphatic carbocycles. The predicted molar refractivity (Wildman–Crippen MR) is 80.5 cm³/mol. The first-order chi connectivity index (χ1) is 9.15. The second-order valence-electron chi connectivity index (χ2n) is 4.89. The van der Waals surface area contributed by atoms with Crippen molar-refractivity contribution in [3.8, 4) is 5.88 Å². The van der Waals surface area contributed by atoms with Gasteiger partial charge in [0, 0.05) is 24.7 Å². The molecule has 106 valence electrons. The van der Waals surface area contributed by atoms with Crippen molar-refractivity contribution in [3.63, 3.8) is 0 Å². The Labute approximate surface area is 117 Å². The van der Waals surface area contributed by atoms with Crippen molar-refractivity contribution in [2.45, 2.75) is 46.6 Å². The van der Waals surface area contributed by atoms with E-state index in [2.05, 4.69) is 36.8 Å². The van der Waals surface area contributed by atoms with Gasteiger partial charge in [-0.3, -0.25) is 0 Å². The van der Waals surface area contributed by atoms with E-state index in [0.717, 1.165) is 49.5 Å². The lowest BCUT2D eigenvalue weighted by atomic mass is 10.1. The third-order valence-corrected chi connectivity index (χ3v) is 2.78. The summed E-state index contributed by atoms with van der Waals surface area (Å²) in [6.45, 7) is 12.7. The van der Waals surface area contributed by atoms with Crippen LogP contribution in [0.4, 0.5) is 0 Å². The highest BCUT2D eigenvalue weighted by Gasteiger charge is 2.04. The molecule has 0 aromatic carbocycles. The van der Waals surface area contributed by atoms with Crippen LogP contribution >= 0.6 is 0 Å². The van der Waals surface area contributed by atoms with Gasteiger partial charge in [0.05, 0.1) is 6.61 Å². The lowest BCUT2D eigenvalue weighted by molar-refractivity contribution is 0.308. The number of hydrogen-bond donors (Lipinski definition) is 1. The smallest absolute Gasteiger partial charge is 0.213 e. The lowest BCUT2D eigenvalue weighted by Crippen LogP contribution is -2.12. The fourth-order valence-electron chi connectivity index (χ4n) is 1.78. The molecule has 1 heterocycles. The minimum Gasteiger partial charge on any atom is -0.477 e. The molecule has 0 saturated heterocycles. The van der Waals surface area contributed by atoms with Crippen molar-refractivity contribution in [2.24, 2.45) is 0 Å². The van der Waals surface area contributed by atoms with Gasteiger partial charge in [0.15, 0.2) is 0 Å². The van der Waals surface area contributed by atoms with Gasteiger partial charge in [-0.15, -0.1) is 6.58 Å². The van der Waals surface area contributed by atoms with Crippen LogP contribution in [0.3, 0.4) is 0 Å². The first-order valence-corrected chi connectivity index (χ1v) is 7.13. The highest BCUT2D eigenvalue weighted by atomic mass is 16.5. The molecule has 1 N–H and O–H groups in total. The van der Waals surface area contributed by atoms with Crippen molar-refractivity contribution in [3.05, 3.63) is 35.5 Å². The quantitative estimate of drug-likeness (QED) is 0.692. The van der Waals surface area contributed by atoms with E-state index in [1.54, 1.807) is 0 Å². The maximum absolute atomic E-state index is 5.72. The number of rotatable bonds is 9. The Morgan fingerprint density at radius 3 is 2.79 bits per heavy atom. The van der Waals surface area contributed by atoms with E-state index >= 15 is 0 Å². The van der Waals surface area contributed by atoms with Crippen molar-refractivity contribution in [2.75, 3.05) is 13.2 Å². The average molecular weight is 262 g/mol. The fourth-order valence-corrected chi connectivity index (χ4v) is 1.78. The molecule has 3 nitrogen and oxygen atoms in total. The first-order valence-electron chi connectivity index (χ1n) is 7.13. The monoisotopic (exact) mass is 262 g/mol. The molecule has 3 heteroatoms. The van der Waals surface area contributed by atoms with Gasteiger partial charge in [0.1, 0.15) is 0 Å². The maximum atomic E-state index is 5.72. The van der Waals surface area contributed by atoms with E-state index in [-0.39, 0.29) is 0 Å². The first kappa shape index (κ1) is 15.7. The van der Waals surface area contributed by atoms with Crippen molar-refractivity contribution < 1.29 is 4.74 Å². The highest BCUT2D eigenvalue weighted by Crippen LogP contribution is 2.15. The van der Waals surface area contributed by atoms with E-state index < -0.39 is 0 Å². The van der Waals surface area contributed by atoms with E-state index in [1.165, 1.54) is 5.56 Å². The minimum absolute atomic E-state index is 0.651. The molecule has 1 aromatic rings. The molecular weight excluding hydrogens is 236 g/mol. The second kappa shape index (κ2) is 8.70. The Morgan fingerprint density at radius 1 is 1.37 bits per heavy atom. The van der Waals surface area contributed by atoms with Crippen LogP contribution in [0.5, 0.6) is 5.88 Å². The maximum Gasteiger partial charge on any atom is 0.213 e. The Morgan fingerprint density at radius 2 is 2.16 bits per heavy atom. The van der Waals surface area contributed by atoms with Crippen LogP contribution in [0, 0.1) is 0 Å². The zero-order chi connectivity index (χ0) is 14.1. The molecule has 0 fully saturated rings. The zero-order valence-electron chi connectivity index (χ0n) is 12.5. The van der Waals surface area contributed by atoms with Gasteiger partial charge in [-0.25, -0.2) is 4.98 Å². The minimum atomic E-state index is 0.651. The predicted octanol–water partition coefficient (Wildman–Crippen LogP) is 3.49. The summed E-state index contributed by atoms with van der Waals surface area (Å²) in [5.74, 6) is 0.736. The molecule has 0 bridgehead atoms. The van der Waals surface area contributed by atoms with Gasteiger partial charge in [0.25, 0.3) is 0 Å². The number of nitrogens with one attached hydrogen (secondary N) is 1. The van der Waals surface area contributed by atoms with E-state index in [9.17, 15) is 0 Å². The van der Waals surface area contributed by atoms with Crippen molar-refractivity contribution >= 4 is 0 Å². The normalized spacial score (nSPS) is 10.5. The number of hydrogen-bond acceptors (Lipinski definition) is 3. The molecule has 19 heavy (non-hydrogen) atoms. The molecule has 1 rings (SSSR count). The molecule has 0 amide bonds. The number of aromatic nitrogens is 1. The van der Waals surface area contributed by atoms with Crippen LogP contribution in [0.15, 0.2) is 24.3 Å². The molecule has 0 atom stereocenters. The fraction of sp³-hybridized carbons (Fsp3) is 0.562. The molecule has 0 spiro atoms. The third kappa shape index (κ3) is 6.39. The standard InChI is InChI=1S/C16H26N2O/c1-5-7-15-10-14(12-17-6-2)11-16(18-15)19-9-8-13(3)4/h10-11,17H,3,5-9,12H2,1-2,4H3. The Bertz CT molecular complexity index is 402. The van der Waals surface area contributed by atoms with E-state index in [0.29, 0.717) is 6.61 Å². The summed E-state index contributed by atoms with van der Waals surface area (Å²) in [6, 6.07) is 4.19. The number of pyridine rings is 1. The number of aryl methyl sites for hydroxylation is 1. The molecular formula is C16H26N2O. The van der Waals surface area contributed by atoms with Crippen LogP contribution in [-0.4, -0.2) is 18.1 Å². The summed E-state index contributed by atoms with van der Waals surface area (Å²) in [4.78, 5) is 4.55. The lowest BCUT2D eigenvalue weighted by Gasteiger charge is -2.10. The van der Waals surface area contributed by atoms with Gasteiger partial charge in [-0.05, 0) is 31.5 Å². The Kier molecular flexibility index (Phi) is 7.19. The highest BCUT2D eigenvalue weighted by molar-refractivity contribution is 5.25. The molecule has 1 aromatic heterocycles. The van der Waals surface area contributed by atoms with Crippen molar-refractivity contribution in [1.29, 1.82) is 0 Å². The summed E-state index contributed by atoms with van der Waals surface area (Å²) >= 11 is 0. The SMILES string of the molecule is C=C(C)CCOc1cc(CNCC)cc(CCC)n1. The van der Waals surface area contributed by atoms with Crippen LogP contribution in [0.2, 0.25) is 0 Å². The summed E-state index contributed by atoms with van der Waals surface area (Å²) in [6.07, 6.45) is 2.97. The third-order valence-electron chi connectivity index (χ3n) is 2.78. The van der Waals surface area contributed by atoms with Crippen molar-refractivity contribution in [1.82, 2.24) is 10.3 Å². The Hall–Kier alpha value is -1.35. The largest absolute Gasteiger partial charge is 0.477 e. The summed E-state index contributed by atoms with van der Waals surface area (Å²) in [5.41, 5.74) is 3.49. The molecule has 0 aliphatic rings. The van der Waals surface area contributed by atoms with Gasteiger partial charge in [-0.1, -0.05) is 25.8 Å². The number of ether oxygens (including phenoxy) is 1. The zero-order valence-corrected chi connectivity index (χ0v) is 12.5. The Balaban J connectivity index is 2.71. The van der Waals surface area contributed by atoms with Gasteiger partial charge in [0.2, 0.25) is 5.88 Å². The van der Waals surface area contributed by atoms with Crippen LogP contribution in [0.1, 0.15) is 44.9 Å².